The number of ether oxygens (including phenoxy) is 1. The second-order valence-corrected chi connectivity index (χ2v) is 5.26. The fourth-order valence-corrected chi connectivity index (χ4v) is 2.53. The van der Waals surface area contributed by atoms with Gasteiger partial charge in [-0.05, 0) is 38.5 Å². The van der Waals surface area contributed by atoms with Crippen molar-refractivity contribution in [2.45, 2.75) is 52.1 Å². The summed E-state index contributed by atoms with van der Waals surface area (Å²) < 4.78 is 5.55. The highest BCUT2D eigenvalue weighted by atomic mass is 16.5. The second kappa shape index (κ2) is 3.82. The van der Waals surface area contributed by atoms with Gasteiger partial charge in [-0.2, -0.15) is 0 Å². The normalized spacial score (nSPS) is 37.1. The molecule has 1 saturated carbocycles. The molecule has 0 amide bonds. The maximum absolute atomic E-state index is 5.55. The van der Waals surface area contributed by atoms with Gasteiger partial charge in [0.1, 0.15) is 0 Å². The predicted molar refractivity (Wildman–Crippen MR) is 58.4 cm³/mol. The van der Waals surface area contributed by atoms with Gasteiger partial charge in [-0.3, -0.25) is 4.90 Å². The molecule has 2 nitrogen and oxygen atoms in total. The van der Waals surface area contributed by atoms with Crippen LogP contribution in [0.3, 0.4) is 0 Å². The van der Waals surface area contributed by atoms with Crippen LogP contribution < -0.4 is 0 Å². The lowest BCUT2D eigenvalue weighted by Crippen LogP contribution is -2.51. The summed E-state index contributed by atoms with van der Waals surface area (Å²) in [6.07, 6.45) is 4.24. The van der Waals surface area contributed by atoms with E-state index < -0.39 is 0 Å². The molecule has 0 N–H and O–H groups in total. The molecule has 0 aromatic heterocycles. The van der Waals surface area contributed by atoms with Gasteiger partial charge in [0, 0.05) is 18.6 Å². The zero-order valence-electron chi connectivity index (χ0n) is 9.75. The highest BCUT2D eigenvalue weighted by molar-refractivity contribution is 4.96. The van der Waals surface area contributed by atoms with Crippen molar-refractivity contribution in [3.05, 3.63) is 0 Å². The van der Waals surface area contributed by atoms with Crippen LogP contribution in [0.2, 0.25) is 0 Å². The second-order valence-electron chi connectivity index (χ2n) is 5.26. The van der Waals surface area contributed by atoms with Crippen LogP contribution in [0.15, 0.2) is 0 Å². The standard InChI is InChI=1S/C12H23NO/c1-4-12(5-6-12)9-13-10(2)7-14-8-11(13)3/h10-11H,4-9H2,1-3H3/t10-,11-/m0/s1. The molecule has 2 atom stereocenters. The van der Waals surface area contributed by atoms with Crippen LogP contribution in [0, 0.1) is 5.41 Å². The summed E-state index contributed by atoms with van der Waals surface area (Å²) in [5, 5.41) is 0. The first-order chi connectivity index (χ1) is 6.67. The third kappa shape index (κ3) is 1.96. The average molecular weight is 197 g/mol. The Kier molecular flexibility index (Phi) is 2.85. The first-order valence-electron chi connectivity index (χ1n) is 6.00. The lowest BCUT2D eigenvalue weighted by Gasteiger charge is -2.40. The van der Waals surface area contributed by atoms with Crippen LogP contribution in [-0.4, -0.2) is 36.7 Å². The van der Waals surface area contributed by atoms with Gasteiger partial charge < -0.3 is 4.74 Å². The van der Waals surface area contributed by atoms with Gasteiger partial charge in [-0.25, -0.2) is 0 Å². The SMILES string of the molecule is CCC1(CN2[C@@H](C)COC[C@@H]2C)CC1. The Balaban J connectivity index is 1.94. The van der Waals surface area contributed by atoms with E-state index in [0.29, 0.717) is 17.5 Å². The molecular weight excluding hydrogens is 174 g/mol. The van der Waals surface area contributed by atoms with Gasteiger partial charge in [-0.15, -0.1) is 0 Å². The van der Waals surface area contributed by atoms with E-state index in [2.05, 4.69) is 25.7 Å². The number of morpholine rings is 1. The molecule has 14 heavy (non-hydrogen) atoms. The van der Waals surface area contributed by atoms with Crippen LogP contribution in [0.1, 0.15) is 40.0 Å². The molecule has 2 fully saturated rings. The van der Waals surface area contributed by atoms with Crippen molar-refractivity contribution in [3.8, 4) is 0 Å². The van der Waals surface area contributed by atoms with Gasteiger partial charge in [-0.1, -0.05) is 6.92 Å². The van der Waals surface area contributed by atoms with E-state index in [1.807, 2.05) is 0 Å². The number of hydrogen-bond donors (Lipinski definition) is 0. The summed E-state index contributed by atoms with van der Waals surface area (Å²) in [6.45, 7) is 10.1. The fraction of sp³-hybridized carbons (Fsp3) is 1.00. The number of nitrogens with zero attached hydrogens (tertiary/aromatic N) is 1. The Labute approximate surface area is 87.6 Å². The molecule has 2 rings (SSSR count). The Hall–Kier alpha value is -0.0800. The molecule has 1 heterocycles. The summed E-state index contributed by atoms with van der Waals surface area (Å²) >= 11 is 0. The summed E-state index contributed by atoms with van der Waals surface area (Å²) in [5.74, 6) is 0. The number of rotatable bonds is 3. The Morgan fingerprint density at radius 2 is 1.79 bits per heavy atom. The first-order valence-corrected chi connectivity index (χ1v) is 6.00. The molecule has 0 aromatic carbocycles. The molecule has 1 saturated heterocycles. The van der Waals surface area contributed by atoms with Crippen LogP contribution in [0.4, 0.5) is 0 Å². The van der Waals surface area contributed by atoms with Crippen molar-refractivity contribution in [2.75, 3.05) is 19.8 Å². The fourth-order valence-electron chi connectivity index (χ4n) is 2.53. The predicted octanol–water partition coefficient (Wildman–Crippen LogP) is 2.29. The Morgan fingerprint density at radius 3 is 2.21 bits per heavy atom. The van der Waals surface area contributed by atoms with Crippen molar-refractivity contribution in [3.63, 3.8) is 0 Å². The molecule has 82 valence electrons. The van der Waals surface area contributed by atoms with Gasteiger partial charge >= 0.3 is 0 Å². The van der Waals surface area contributed by atoms with Gasteiger partial charge in [0.25, 0.3) is 0 Å². The van der Waals surface area contributed by atoms with Gasteiger partial charge in [0.15, 0.2) is 0 Å². The highest BCUT2D eigenvalue weighted by Crippen LogP contribution is 2.49. The van der Waals surface area contributed by atoms with Crippen LogP contribution in [-0.2, 0) is 4.74 Å². The lowest BCUT2D eigenvalue weighted by atomic mass is 10.0. The quantitative estimate of drug-likeness (QED) is 0.688. The van der Waals surface area contributed by atoms with E-state index in [1.165, 1.54) is 25.8 Å². The van der Waals surface area contributed by atoms with E-state index >= 15 is 0 Å². The minimum atomic E-state index is 0.614. The molecule has 1 aliphatic heterocycles. The zero-order chi connectivity index (χ0) is 10.2. The Bertz CT molecular complexity index is 190. The maximum atomic E-state index is 5.55. The van der Waals surface area contributed by atoms with E-state index in [-0.39, 0.29) is 0 Å². The van der Waals surface area contributed by atoms with E-state index in [0.717, 1.165) is 13.2 Å². The van der Waals surface area contributed by atoms with Gasteiger partial charge in [0.2, 0.25) is 0 Å². The van der Waals surface area contributed by atoms with Crippen molar-refractivity contribution < 1.29 is 4.74 Å². The monoisotopic (exact) mass is 197 g/mol. The molecule has 0 aromatic rings. The number of hydrogen-bond acceptors (Lipinski definition) is 2. The van der Waals surface area contributed by atoms with E-state index in [1.54, 1.807) is 0 Å². The Morgan fingerprint density at radius 1 is 1.21 bits per heavy atom. The van der Waals surface area contributed by atoms with Crippen LogP contribution in [0.5, 0.6) is 0 Å². The van der Waals surface area contributed by atoms with Crippen molar-refractivity contribution >= 4 is 0 Å². The lowest BCUT2D eigenvalue weighted by molar-refractivity contribution is -0.0455. The van der Waals surface area contributed by atoms with E-state index in [4.69, 9.17) is 4.74 Å². The molecule has 0 spiro atoms. The van der Waals surface area contributed by atoms with Crippen molar-refractivity contribution in [2.24, 2.45) is 5.41 Å². The maximum Gasteiger partial charge on any atom is 0.0620 e. The summed E-state index contributed by atoms with van der Waals surface area (Å²) in [4.78, 5) is 2.65. The average Bonchev–Trinajstić information content (AvgIpc) is 2.93. The molecule has 2 heteroatoms. The van der Waals surface area contributed by atoms with Gasteiger partial charge in [0.05, 0.1) is 13.2 Å². The third-order valence-corrected chi connectivity index (χ3v) is 4.08. The summed E-state index contributed by atoms with van der Waals surface area (Å²) in [6, 6.07) is 1.23. The molecule has 0 unspecified atom stereocenters. The minimum Gasteiger partial charge on any atom is -0.378 e. The molecule has 1 aliphatic carbocycles. The van der Waals surface area contributed by atoms with Crippen LogP contribution in [0.25, 0.3) is 0 Å². The molecule has 2 aliphatic rings. The topological polar surface area (TPSA) is 12.5 Å². The van der Waals surface area contributed by atoms with Crippen molar-refractivity contribution in [1.29, 1.82) is 0 Å². The smallest absolute Gasteiger partial charge is 0.0620 e. The molecule has 0 radical (unpaired) electrons. The summed E-state index contributed by atoms with van der Waals surface area (Å²) in [5.41, 5.74) is 0.680. The highest BCUT2D eigenvalue weighted by Gasteiger charge is 2.44. The van der Waals surface area contributed by atoms with Crippen molar-refractivity contribution in [1.82, 2.24) is 4.90 Å². The molecule has 0 bridgehead atoms. The largest absolute Gasteiger partial charge is 0.378 e. The van der Waals surface area contributed by atoms with Crippen LogP contribution >= 0.6 is 0 Å². The first kappa shape index (κ1) is 10.4. The zero-order valence-corrected chi connectivity index (χ0v) is 9.75. The summed E-state index contributed by atoms with van der Waals surface area (Å²) in [7, 11) is 0. The third-order valence-electron chi connectivity index (χ3n) is 4.08. The van der Waals surface area contributed by atoms with E-state index in [9.17, 15) is 0 Å². The molecular formula is C12H23NO. The minimum absolute atomic E-state index is 0.614.